The molecule has 2 saturated heterocycles. The van der Waals surface area contributed by atoms with E-state index in [0.717, 1.165) is 44.8 Å². The molecule has 132 valence electrons. The van der Waals surface area contributed by atoms with E-state index in [0.29, 0.717) is 31.8 Å². The first kappa shape index (κ1) is 17.2. The van der Waals surface area contributed by atoms with Crippen LogP contribution in [0.1, 0.15) is 32.1 Å². The van der Waals surface area contributed by atoms with Crippen molar-refractivity contribution < 1.29 is 14.6 Å². The number of ether oxygens (including phenoxy) is 1. The smallest absolute Gasteiger partial charge is 0.220 e. The predicted octanol–water partition coefficient (Wildman–Crippen LogP) is 1.35. The number of aliphatic hydroxyl groups is 1. The molecule has 0 aromatic carbocycles. The van der Waals surface area contributed by atoms with Crippen molar-refractivity contribution in [2.24, 2.45) is 5.92 Å². The Labute approximate surface area is 143 Å². The normalized spacial score (nSPS) is 25.5. The maximum Gasteiger partial charge on any atom is 0.220 e. The van der Waals surface area contributed by atoms with Gasteiger partial charge in [0.15, 0.2) is 0 Å². The lowest BCUT2D eigenvalue weighted by molar-refractivity contribution is -0.124. The van der Waals surface area contributed by atoms with E-state index in [1.807, 2.05) is 18.2 Å². The number of pyridine rings is 1. The van der Waals surface area contributed by atoms with Crippen molar-refractivity contribution in [2.75, 3.05) is 37.7 Å². The lowest BCUT2D eigenvalue weighted by Crippen LogP contribution is -2.54. The van der Waals surface area contributed by atoms with Gasteiger partial charge >= 0.3 is 0 Å². The Morgan fingerprint density at radius 1 is 1.42 bits per heavy atom. The van der Waals surface area contributed by atoms with E-state index >= 15 is 0 Å². The van der Waals surface area contributed by atoms with Gasteiger partial charge in [0, 0.05) is 45.5 Å². The summed E-state index contributed by atoms with van der Waals surface area (Å²) in [5.74, 6) is 1.32. The van der Waals surface area contributed by atoms with Crippen LogP contribution in [0.2, 0.25) is 0 Å². The lowest BCUT2D eigenvalue weighted by Gasteiger charge is -2.40. The first-order valence-corrected chi connectivity index (χ1v) is 8.87. The molecule has 3 rings (SSSR count). The summed E-state index contributed by atoms with van der Waals surface area (Å²) >= 11 is 0. The summed E-state index contributed by atoms with van der Waals surface area (Å²) < 4.78 is 5.32. The number of hydrogen-bond acceptors (Lipinski definition) is 5. The number of piperidine rings is 1. The van der Waals surface area contributed by atoms with Gasteiger partial charge in [-0.2, -0.15) is 0 Å². The molecular weight excluding hydrogens is 306 g/mol. The molecule has 3 heterocycles. The number of anilines is 1. The number of amides is 1. The minimum absolute atomic E-state index is 0.0327. The molecular formula is C18H27N3O3. The van der Waals surface area contributed by atoms with E-state index in [9.17, 15) is 9.90 Å². The Kier molecular flexibility index (Phi) is 5.68. The molecule has 1 unspecified atom stereocenters. The third-order valence-corrected chi connectivity index (χ3v) is 4.96. The number of aromatic nitrogens is 1. The first-order chi connectivity index (χ1) is 11.6. The second kappa shape index (κ2) is 7.94. The average Bonchev–Trinajstić information content (AvgIpc) is 2.62. The molecule has 24 heavy (non-hydrogen) atoms. The molecule has 6 nitrogen and oxygen atoms in total. The summed E-state index contributed by atoms with van der Waals surface area (Å²) in [4.78, 5) is 18.6. The Morgan fingerprint density at radius 2 is 2.25 bits per heavy atom. The molecule has 0 bridgehead atoms. The van der Waals surface area contributed by atoms with Crippen molar-refractivity contribution in [1.82, 2.24) is 10.3 Å². The largest absolute Gasteiger partial charge is 0.386 e. The van der Waals surface area contributed by atoms with Gasteiger partial charge < -0.3 is 20.1 Å². The SMILES string of the molecule is O=C(CC1CCOCC1)NCC1(O)CCCN(c2ccccn2)C1. The van der Waals surface area contributed by atoms with Crippen molar-refractivity contribution in [3.8, 4) is 0 Å². The molecule has 2 fully saturated rings. The number of hydrogen-bond donors (Lipinski definition) is 2. The zero-order valence-corrected chi connectivity index (χ0v) is 14.1. The van der Waals surface area contributed by atoms with Crippen molar-refractivity contribution in [1.29, 1.82) is 0 Å². The number of rotatable bonds is 5. The van der Waals surface area contributed by atoms with E-state index in [2.05, 4.69) is 15.2 Å². The third kappa shape index (κ3) is 4.68. The maximum absolute atomic E-state index is 12.2. The molecule has 0 radical (unpaired) electrons. The number of carbonyl (C=O) groups excluding carboxylic acids is 1. The van der Waals surface area contributed by atoms with Crippen LogP contribution in [0.15, 0.2) is 24.4 Å². The van der Waals surface area contributed by atoms with Crippen molar-refractivity contribution in [2.45, 2.75) is 37.7 Å². The number of β-amino-alcohol motifs (C(OH)–C–C–N with tert-alkyl or cyclic N) is 1. The zero-order valence-electron chi connectivity index (χ0n) is 14.1. The topological polar surface area (TPSA) is 74.7 Å². The second-order valence-corrected chi connectivity index (χ2v) is 6.97. The van der Waals surface area contributed by atoms with E-state index < -0.39 is 5.60 Å². The van der Waals surface area contributed by atoms with Crippen molar-refractivity contribution in [3.63, 3.8) is 0 Å². The second-order valence-electron chi connectivity index (χ2n) is 6.97. The predicted molar refractivity (Wildman–Crippen MR) is 91.8 cm³/mol. The third-order valence-electron chi connectivity index (χ3n) is 4.96. The molecule has 0 spiro atoms. The van der Waals surface area contributed by atoms with Gasteiger partial charge in [0.2, 0.25) is 5.91 Å². The highest BCUT2D eigenvalue weighted by atomic mass is 16.5. The van der Waals surface area contributed by atoms with Crippen molar-refractivity contribution in [3.05, 3.63) is 24.4 Å². The van der Waals surface area contributed by atoms with E-state index in [-0.39, 0.29) is 5.91 Å². The summed E-state index contributed by atoms with van der Waals surface area (Å²) in [5.41, 5.74) is -0.888. The monoisotopic (exact) mass is 333 g/mol. The minimum Gasteiger partial charge on any atom is -0.386 e. The van der Waals surface area contributed by atoms with E-state index in [4.69, 9.17) is 4.74 Å². The Bertz CT molecular complexity index is 534. The molecule has 1 amide bonds. The summed E-state index contributed by atoms with van der Waals surface area (Å²) in [5, 5.41) is 13.8. The molecule has 2 N–H and O–H groups in total. The highest BCUT2D eigenvalue weighted by Crippen LogP contribution is 2.24. The van der Waals surface area contributed by atoms with Gasteiger partial charge in [-0.1, -0.05) is 6.07 Å². The van der Waals surface area contributed by atoms with Crippen LogP contribution >= 0.6 is 0 Å². The number of carbonyl (C=O) groups is 1. The number of nitrogens with one attached hydrogen (secondary N) is 1. The van der Waals surface area contributed by atoms with Crippen LogP contribution in [0.3, 0.4) is 0 Å². The summed E-state index contributed by atoms with van der Waals surface area (Å²) in [6.45, 7) is 3.19. The fourth-order valence-corrected chi connectivity index (χ4v) is 3.54. The van der Waals surface area contributed by atoms with Crippen LogP contribution in [0.5, 0.6) is 0 Å². The molecule has 1 aromatic heterocycles. The molecule has 0 saturated carbocycles. The van der Waals surface area contributed by atoms with Crippen LogP contribution in [-0.2, 0) is 9.53 Å². The highest BCUT2D eigenvalue weighted by molar-refractivity contribution is 5.76. The Morgan fingerprint density at radius 3 is 3.00 bits per heavy atom. The van der Waals surface area contributed by atoms with Gasteiger partial charge in [-0.05, 0) is 43.7 Å². The van der Waals surface area contributed by atoms with Crippen LogP contribution < -0.4 is 10.2 Å². The fraction of sp³-hybridized carbons (Fsp3) is 0.667. The molecule has 1 atom stereocenters. The van der Waals surface area contributed by atoms with Gasteiger partial charge in [0.05, 0.1) is 5.60 Å². The Hall–Kier alpha value is -1.66. The standard InChI is InChI=1S/C18H27N3O3/c22-17(12-15-5-10-24-11-6-15)20-13-18(23)7-3-9-21(14-18)16-4-1-2-8-19-16/h1-2,4,8,15,23H,3,5-7,9-14H2,(H,20,22). The quantitative estimate of drug-likeness (QED) is 0.851. The van der Waals surface area contributed by atoms with Gasteiger partial charge in [-0.25, -0.2) is 4.98 Å². The van der Waals surface area contributed by atoms with Crippen LogP contribution in [0, 0.1) is 5.92 Å². The molecule has 2 aliphatic heterocycles. The maximum atomic E-state index is 12.2. The minimum atomic E-state index is -0.888. The Balaban J connectivity index is 1.49. The fourth-order valence-electron chi connectivity index (χ4n) is 3.54. The van der Waals surface area contributed by atoms with Crippen LogP contribution in [0.4, 0.5) is 5.82 Å². The highest BCUT2D eigenvalue weighted by Gasteiger charge is 2.34. The van der Waals surface area contributed by atoms with Crippen LogP contribution in [0.25, 0.3) is 0 Å². The average molecular weight is 333 g/mol. The van der Waals surface area contributed by atoms with Crippen molar-refractivity contribution >= 4 is 11.7 Å². The summed E-state index contributed by atoms with van der Waals surface area (Å²) in [6, 6.07) is 5.79. The van der Waals surface area contributed by atoms with Crippen LogP contribution in [-0.4, -0.2) is 54.4 Å². The first-order valence-electron chi connectivity index (χ1n) is 8.87. The van der Waals surface area contributed by atoms with Gasteiger partial charge in [-0.15, -0.1) is 0 Å². The molecule has 1 aromatic rings. The van der Waals surface area contributed by atoms with Gasteiger partial charge in [0.1, 0.15) is 5.82 Å². The van der Waals surface area contributed by atoms with E-state index in [1.165, 1.54) is 0 Å². The molecule has 6 heteroatoms. The zero-order chi connectivity index (χ0) is 16.8. The van der Waals surface area contributed by atoms with Gasteiger partial charge in [0.25, 0.3) is 0 Å². The summed E-state index contributed by atoms with van der Waals surface area (Å²) in [6.07, 6.45) is 5.79. The summed E-state index contributed by atoms with van der Waals surface area (Å²) in [7, 11) is 0. The number of nitrogens with zero attached hydrogens (tertiary/aromatic N) is 2. The molecule has 2 aliphatic rings. The lowest BCUT2D eigenvalue weighted by atomic mass is 9.92. The van der Waals surface area contributed by atoms with Gasteiger partial charge in [-0.3, -0.25) is 4.79 Å². The molecule has 0 aliphatic carbocycles. The van der Waals surface area contributed by atoms with E-state index in [1.54, 1.807) is 6.20 Å².